The first-order valence-corrected chi connectivity index (χ1v) is 5.86. The normalized spacial score (nSPS) is 18.2. The van der Waals surface area contributed by atoms with Gasteiger partial charge >= 0.3 is 0 Å². The van der Waals surface area contributed by atoms with Gasteiger partial charge in [0.15, 0.2) is 0 Å². The van der Waals surface area contributed by atoms with Crippen molar-refractivity contribution in [3.63, 3.8) is 0 Å². The third-order valence-corrected chi connectivity index (χ3v) is 2.93. The second-order valence-electron chi connectivity index (χ2n) is 4.23. The molecule has 2 rings (SSSR count). The highest BCUT2D eigenvalue weighted by atomic mass is 16.6. The second-order valence-corrected chi connectivity index (χ2v) is 4.23. The van der Waals surface area contributed by atoms with Crippen LogP contribution in [0.2, 0.25) is 0 Å². The van der Waals surface area contributed by atoms with Crippen molar-refractivity contribution in [3.05, 3.63) is 38.4 Å². The van der Waals surface area contributed by atoms with Crippen LogP contribution in [0.15, 0.2) is 18.2 Å². The Bertz CT molecular complexity index is 499. The number of ether oxygens (including phenoxy) is 1. The van der Waals surface area contributed by atoms with E-state index in [1.807, 2.05) is 0 Å². The monoisotopic (exact) mass is 267 g/mol. The molecule has 1 N–H and O–H groups in total. The van der Waals surface area contributed by atoms with Crippen LogP contribution in [0.1, 0.15) is 12.8 Å². The van der Waals surface area contributed by atoms with Crippen molar-refractivity contribution in [1.29, 1.82) is 0 Å². The molecule has 0 amide bonds. The predicted molar refractivity (Wildman–Crippen MR) is 67.2 cm³/mol. The fraction of sp³-hybridized carbons (Fsp3) is 0.455. The molecule has 0 unspecified atom stereocenters. The molecule has 0 saturated carbocycles. The number of nitro groups is 2. The van der Waals surface area contributed by atoms with Gasteiger partial charge in [-0.15, -0.1) is 0 Å². The molecule has 1 aliphatic heterocycles. The van der Waals surface area contributed by atoms with Crippen LogP contribution in [-0.4, -0.2) is 29.1 Å². The summed E-state index contributed by atoms with van der Waals surface area (Å²) in [6.45, 7) is 1.16. The lowest BCUT2D eigenvalue weighted by molar-refractivity contribution is -0.393. The van der Waals surface area contributed by atoms with E-state index >= 15 is 0 Å². The number of nitrogens with zero attached hydrogens (tertiary/aromatic N) is 2. The Morgan fingerprint density at radius 3 is 2.68 bits per heavy atom. The average molecular weight is 267 g/mol. The van der Waals surface area contributed by atoms with E-state index in [-0.39, 0.29) is 23.2 Å². The number of nitrogens with one attached hydrogen (secondary N) is 1. The SMILES string of the molecule is O=[N+]([O-])c1ccc(NC[C@@H]2CCCO2)c([N+](=O)[O-])c1. The molecule has 1 aromatic rings. The molecule has 1 aliphatic rings. The highest BCUT2D eigenvalue weighted by Crippen LogP contribution is 2.29. The first-order chi connectivity index (χ1) is 9.08. The van der Waals surface area contributed by atoms with E-state index in [1.165, 1.54) is 12.1 Å². The predicted octanol–water partition coefficient (Wildman–Crippen LogP) is 2.09. The average Bonchev–Trinajstić information content (AvgIpc) is 2.89. The summed E-state index contributed by atoms with van der Waals surface area (Å²) < 4.78 is 5.40. The Balaban J connectivity index is 2.14. The highest BCUT2D eigenvalue weighted by molar-refractivity contribution is 5.65. The van der Waals surface area contributed by atoms with Crippen LogP contribution in [0.4, 0.5) is 17.1 Å². The van der Waals surface area contributed by atoms with E-state index in [4.69, 9.17) is 4.74 Å². The topological polar surface area (TPSA) is 108 Å². The minimum atomic E-state index is -0.656. The number of hydrogen-bond acceptors (Lipinski definition) is 6. The van der Waals surface area contributed by atoms with Gasteiger partial charge in [-0.1, -0.05) is 0 Å². The first-order valence-electron chi connectivity index (χ1n) is 5.86. The standard InChI is InChI=1S/C11H13N3O5/c15-13(16)8-3-4-10(11(6-8)14(17)18)12-7-9-2-1-5-19-9/h3-4,6,9,12H,1-2,5,7H2/t9-/m0/s1. The van der Waals surface area contributed by atoms with Gasteiger partial charge in [0.1, 0.15) is 5.69 Å². The zero-order valence-electron chi connectivity index (χ0n) is 10.1. The van der Waals surface area contributed by atoms with Gasteiger partial charge in [0.05, 0.1) is 22.0 Å². The van der Waals surface area contributed by atoms with E-state index < -0.39 is 9.85 Å². The Labute approximate surface area is 108 Å². The molecule has 0 aromatic heterocycles. The summed E-state index contributed by atoms with van der Waals surface area (Å²) in [5.74, 6) is 0. The summed E-state index contributed by atoms with van der Waals surface area (Å²) in [5, 5.41) is 24.4. The lowest BCUT2D eigenvalue weighted by Gasteiger charge is -2.11. The van der Waals surface area contributed by atoms with Crippen LogP contribution in [0, 0.1) is 20.2 Å². The maximum Gasteiger partial charge on any atom is 0.299 e. The molecule has 1 heterocycles. The largest absolute Gasteiger partial charge is 0.377 e. The summed E-state index contributed by atoms with van der Waals surface area (Å²) in [6, 6.07) is 3.55. The van der Waals surface area contributed by atoms with Crippen LogP contribution >= 0.6 is 0 Å². The van der Waals surface area contributed by atoms with Gasteiger partial charge in [0.2, 0.25) is 0 Å². The Morgan fingerprint density at radius 1 is 1.32 bits per heavy atom. The number of non-ortho nitro benzene ring substituents is 1. The molecule has 0 radical (unpaired) electrons. The molecule has 0 aliphatic carbocycles. The van der Waals surface area contributed by atoms with Crippen molar-refractivity contribution >= 4 is 17.1 Å². The second kappa shape index (κ2) is 5.61. The smallest absolute Gasteiger partial charge is 0.299 e. The maximum atomic E-state index is 10.9. The van der Waals surface area contributed by atoms with Gasteiger partial charge in [0.25, 0.3) is 11.4 Å². The fourth-order valence-corrected chi connectivity index (χ4v) is 1.96. The first kappa shape index (κ1) is 13.2. The highest BCUT2D eigenvalue weighted by Gasteiger charge is 2.21. The van der Waals surface area contributed by atoms with Crippen molar-refractivity contribution in [3.8, 4) is 0 Å². The number of hydrogen-bond donors (Lipinski definition) is 1. The van der Waals surface area contributed by atoms with Crippen molar-refractivity contribution in [2.24, 2.45) is 0 Å². The van der Waals surface area contributed by atoms with E-state index in [1.54, 1.807) is 0 Å². The molecule has 1 saturated heterocycles. The number of rotatable bonds is 5. The zero-order valence-corrected chi connectivity index (χ0v) is 10.1. The third kappa shape index (κ3) is 3.16. The summed E-state index contributed by atoms with van der Waals surface area (Å²) in [4.78, 5) is 20.2. The summed E-state index contributed by atoms with van der Waals surface area (Å²) in [6.07, 6.45) is 1.93. The minimum Gasteiger partial charge on any atom is -0.377 e. The molecule has 1 aromatic carbocycles. The van der Waals surface area contributed by atoms with Crippen molar-refractivity contribution in [1.82, 2.24) is 0 Å². The number of anilines is 1. The van der Waals surface area contributed by atoms with Gasteiger partial charge in [-0.05, 0) is 18.9 Å². The lowest BCUT2D eigenvalue weighted by Crippen LogP contribution is -2.18. The third-order valence-electron chi connectivity index (χ3n) is 2.93. The number of nitro benzene ring substituents is 2. The van der Waals surface area contributed by atoms with Crippen molar-refractivity contribution in [2.75, 3.05) is 18.5 Å². The van der Waals surface area contributed by atoms with Crippen LogP contribution < -0.4 is 5.32 Å². The molecule has 1 atom stereocenters. The van der Waals surface area contributed by atoms with Crippen molar-refractivity contribution in [2.45, 2.75) is 18.9 Å². The molecule has 0 spiro atoms. The molecule has 19 heavy (non-hydrogen) atoms. The lowest BCUT2D eigenvalue weighted by atomic mass is 10.2. The summed E-state index contributed by atoms with van der Waals surface area (Å²) in [7, 11) is 0. The fourth-order valence-electron chi connectivity index (χ4n) is 1.96. The molecule has 8 nitrogen and oxygen atoms in total. The minimum absolute atomic E-state index is 0.0368. The molecular weight excluding hydrogens is 254 g/mol. The number of benzene rings is 1. The van der Waals surface area contributed by atoms with Crippen LogP contribution in [0.25, 0.3) is 0 Å². The van der Waals surface area contributed by atoms with Gasteiger partial charge in [-0.3, -0.25) is 20.2 Å². The van der Waals surface area contributed by atoms with E-state index in [2.05, 4.69) is 5.32 Å². The van der Waals surface area contributed by atoms with Gasteiger partial charge in [-0.2, -0.15) is 0 Å². The molecule has 102 valence electrons. The van der Waals surface area contributed by atoms with Gasteiger partial charge in [-0.25, -0.2) is 0 Å². The van der Waals surface area contributed by atoms with Gasteiger partial charge in [0, 0.05) is 19.2 Å². The Morgan fingerprint density at radius 2 is 2.11 bits per heavy atom. The summed E-state index contributed by atoms with van der Waals surface area (Å²) >= 11 is 0. The zero-order chi connectivity index (χ0) is 13.8. The van der Waals surface area contributed by atoms with Gasteiger partial charge < -0.3 is 10.1 Å². The Hall–Kier alpha value is -2.22. The van der Waals surface area contributed by atoms with E-state index in [0.717, 1.165) is 18.9 Å². The maximum absolute atomic E-state index is 10.9. The quantitative estimate of drug-likeness (QED) is 0.646. The molecule has 8 heteroatoms. The van der Waals surface area contributed by atoms with E-state index in [9.17, 15) is 20.2 Å². The van der Waals surface area contributed by atoms with Crippen molar-refractivity contribution < 1.29 is 14.6 Å². The Kier molecular flexibility index (Phi) is 3.91. The molecular formula is C11H13N3O5. The van der Waals surface area contributed by atoms with Crippen LogP contribution in [-0.2, 0) is 4.74 Å². The van der Waals surface area contributed by atoms with E-state index in [0.29, 0.717) is 13.2 Å². The molecule has 0 bridgehead atoms. The van der Waals surface area contributed by atoms with Crippen LogP contribution in [0.3, 0.4) is 0 Å². The molecule has 1 fully saturated rings. The summed E-state index contributed by atoms with van der Waals surface area (Å²) in [5.41, 5.74) is -0.326. The van der Waals surface area contributed by atoms with Crippen LogP contribution in [0.5, 0.6) is 0 Å².